The fraction of sp³-hybridized carbons (Fsp3) is 0.214. The van der Waals surface area contributed by atoms with Crippen molar-refractivity contribution in [2.75, 3.05) is 13.3 Å². The highest BCUT2D eigenvalue weighted by Crippen LogP contribution is 2.35. The molecule has 19 heavy (non-hydrogen) atoms. The van der Waals surface area contributed by atoms with Gasteiger partial charge in [-0.05, 0) is 30.0 Å². The van der Waals surface area contributed by atoms with E-state index < -0.39 is 0 Å². The average Bonchev–Trinajstić information content (AvgIpc) is 3.08. The van der Waals surface area contributed by atoms with Crippen LogP contribution in [0.2, 0.25) is 0 Å². The molecule has 1 amide bonds. The van der Waals surface area contributed by atoms with E-state index in [1.54, 1.807) is 29.5 Å². The van der Waals surface area contributed by atoms with Gasteiger partial charge in [-0.15, -0.1) is 11.3 Å². The maximum absolute atomic E-state index is 12.1. The van der Waals surface area contributed by atoms with Gasteiger partial charge in [0.15, 0.2) is 11.5 Å². The molecule has 1 N–H and O–H groups in total. The van der Waals surface area contributed by atoms with Crippen molar-refractivity contribution >= 4 is 17.2 Å². The lowest BCUT2D eigenvalue weighted by molar-refractivity contribution is 0.0949. The Labute approximate surface area is 115 Å². The molecule has 3 rings (SSSR count). The van der Waals surface area contributed by atoms with Gasteiger partial charge in [-0.3, -0.25) is 4.79 Å². The number of para-hydroxylation sites is 1. The summed E-state index contributed by atoms with van der Waals surface area (Å²) in [6.07, 6.45) is 0.843. The van der Waals surface area contributed by atoms with E-state index >= 15 is 0 Å². The topological polar surface area (TPSA) is 47.6 Å². The zero-order valence-corrected chi connectivity index (χ0v) is 11.0. The fourth-order valence-electron chi connectivity index (χ4n) is 1.96. The molecule has 0 unspecified atom stereocenters. The third-order valence-electron chi connectivity index (χ3n) is 2.88. The van der Waals surface area contributed by atoms with E-state index in [0.717, 1.165) is 6.42 Å². The Morgan fingerprint density at radius 1 is 1.26 bits per heavy atom. The molecule has 1 aliphatic heterocycles. The summed E-state index contributed by atoms with van der Waals surface area (Å²) in [5.74, 6) is 1.04. The molecule has 4 nitrogen and oxygen atoms in total. The zero-order chi connectivity index (χ0) is 13.1. The summed E-state index contributed by atoms with van der Waals surface area (Å²) in [7, 11) is 0. The van der Waals surface area contributed by atoms with E-state index in [2.05, 4.69) is 11.4 Å². The third kappa shape index (κ3) is 2.56. The number of benzene rings is 1. The number of carbonyl (C=O) groups is 1. The van der Waals surface area contributed by atoms with Crippen LogP contribution in [-0.4, -0.2) is 19.2 Å². The SMILES string of the molecule is O=C(NCCc1cccs1)c1cccc2c1OCO2. The van der Waals surface area contributed by atoms with Crippen molar-refractivity contribution in [2.45, 2.75) is 6.42 Å². The maximum atomic E-state index is 12.1. The number of carbonyl (C=O) groups excluding carboxylic acids is 1. The summed E-state index contributed by atoms with van der Waals surface area (Å²) >= 11 is 1.69. The van der Waals surface area contributed by atoms with Gasteiger partial charge in [0, 0.05) is 11.4 Å². The lowest BCUT2D eigenvalue weighted by Crippen LogP contribution is -2.25. The number of amides is 1. The Kier molecular flexibility index (Phi) is 3.37. The quantitative estimate of drug-likeness (QED) is 0.932. The molecule has 0 saturated carbocycles. The van der Waals surface area contributed by atoms with E-state index in [4.69, 9.17) is 9.47 Å². The maximum Gasteiger partial charge on any atom is 0.255 e. The molecule has 0 atom stereocenters. The minimum Gasteiger partial charge on any atom is -0.454 e. The third-order valence-corrected chi connectivity index (χ3v) is 3.81. The molecule has 0 aliphatic carbocycles. The molecule has 2 heterocycles. The fourth-order valence-corrected chi connectivity index (χ4v) is 2.67. The van der Waals surface area contributed by atoms with Crippen LogP contribution in [0.25, 0.3) is 0 Å². The van der Waals surface area contributed by atoms with Gasteiger partial charge in [-0.2, -0.15) is 0 Å². The summed E-state index contributed by atoms with van der Waals surface area (Å²) in [5.41, 5.74) is 0.529. The number of hydrogen-bond donors (Lipinski definition) is 1. The second-order valence-electron chi connectivity index (χ2n) is 4.12. The molecular formula is C14H13NO3S. The number of nitrogens with one attached hydrogen (secondary N) is 1. The van der Waals surface area contributed by atoms with Crippen LogP contribution in [0, 0.1) is 0 Å². The molecule has 5 heteroatoms. The number of fused-ring (bicyclic) bond motifs is 1. The Bertz CT molecular complexity index is 580. The van der Waals surface area contributed by atoms with Gasteiger partial charge >= 0.3 is 0 Å². The predicted molar refractivity (Wildman–Crippen MR) is 72.9 cm³/mol. The lowest BCUT2D eigenvalue weighted by Gasteiger charge is -2.06. The van der Waals surface area contributed by atoms with Crippen molar-refractivity contribution in [1.29, 1.82) is 0 Å². The second-order valence-corrected chi connectivity index (χ2v) is 5.16. The molecule has 0 spiro atoms. The first-order chi connectivity index (χ1) is 9.34. The molecule has 1 aromatic carbocycles. The van der Waals surface area contributed by atoms with Gasteiger partial charge < -0.3 is 14.8 Å². The van der Waals surface area contributed by atoms with E-state index in [1.807, 2.05) is 11.4 Å². The Hall–Kier alpha value is -2.01. The van der Waals surface area contributed by atoms with Crippen LogP contribution in [0.1, 0.15) is 15.2 Å². The molecule has 0 fully saturated rings. The van der Waals surface area contributed by atoms with E-state index in [1.165, 1.54) is 4.88 Å². The summed E-state index contributed by atoms with van der Waals surface area (Å²) < 4.78 is 10.6. The van der Waals surface area contributed by atoms with Crippen LogP contribution in [0.5, 0.6) is 11.5 Å². The molecule has 2 aromatic rings. The van der Waals surface area contributed by atoms with Crippen LogP contribution in [-0.2, 0) is 6.42 Å². The first-order valence-electron chi connectivity index (χ1n) is 6.04. The summed E-state index contributed by atoms with van der Waals surface area (Å²) in [4.78, 5) is 13.4. The Morgan fingerprint density at radius 3 is 3.05 bits per heavy atom. The van der Waals surface area contributed by atoms with E-state index in [0.29, 0.717) is 23.6 Å². The molecule has 1 aliphatic rings. The highest BCUT2D eigenvalue weighted by atomic mass is 32.1. The lowest BCUT2D eigenvalue weighted by atomic mass is 10.1. The van der Waals surface area contributed by atoms with Crippen molar-refractivity contribution in [3.63, 3.8) is 0 Å². The van der Waals surface area contributed by atoms with E-state index in [9.17, 15) is 4.79 Å². The van der Waals surface area contributed by atoms with Crippen molar-refractivity contribution in [3.05, 3.63) is 46.2 Å². The standard InChI is InChI=1S/C14H13NO3S/c16-14(15-7-6-10-3-2-8-19-10)11-4-1-5-12-13(11)18-9-17-12/h1-5,8H,6-7,9H2,(H,15,16). The average molecular weight is 275 g/mol. The van der Waals surface area contributed by atoms with Crippen LogP contribution in [0.3, 0.4) is 0 Å². The normalized spacial score (nSPS) is 12.4. The summed E-state index contributed by atoms with van der Waals surface area (Å²) in [6.45, 7) is 0.790. The Balaban J connectivity index is 1.63. The highest BCUT2D eigenvalue weighted by Gasteiger charge is 2.21. The number of rotatable bonds is 4. The van der Waals surface area contributed by atoms with Crippen molar-refractivity contribution in [1.82, 2.24) is 5.32 Å². The van der Waals surface area contributed by atoms with Crippen LogP contribution < -0.4 is 14.8 Å². The molecule has 98 valence electrons. The van der Waals surface area contributed by atoms with Gasteiger partial charge in [-0.25, -0.2) is 0 Å². The second kappa shape index (κ2) is 5.32. The summed E-state index contributed by atoms with van der Waals surface area (Å²) in [6, 6.07) is 9.41. The smallest absolute Gasteiger partial charge is 0.255 e. The van der Waals surface area contributed by atoms with Crippen molar-refractivity contribution in [3.8, 4) is 11.5 Å². The molecule has 0 bridgehead atoms. The highest BCUT2D eigenvalue weighted by molar-refractivity contribution is 7.09. The Morgan fingerprint density at radius 2 is 2.21 bits per heavy atom. The molecule has 0 radical (unpaired) electrons. The number of hydrogen-bond acceptors (Lipinski definition) is 4. The minimum atomic E-state index is -0.126. The minimum absolute atomic E-state index is 0.126. The molecule has 1 aromatic heterocycles. The van der Waals surface area contributed by atoms with Crippen molar-refractivity contribution < 1.29 is 14.3 Å². The molecular weight excluding hydrogens is 262 g/mol. The number of ether oxygens (including phenoxy) is 2. The number of thiophene rings is 1. The van der Waals surface area contributed by atoms with E-state index in [-0.39, 0.29) is 12.7 Å². The van der Waals surface area contributed by atoms with Gasteiger partial charge in [0.25, 0.3) is 5.91 Å². The first kappa shape index (κ1) is 12.0. The van der Waals surface area contributed by atoms with Crippen molar-refractivity contribution in [2.24, 2.45) is 0 Å². The first-order valence-corrected chi connectivity index (χ1v) is 6.92. The zero-order valence-electron chi connectivity index (χ0n) is 10.2. The van der Waals surface area contributed by atoms with Gasteiger partial charge in [0.1, 0.15) is 0 Å². The van der Waals surface area contributed by atoms with Gasteiger partial charge in [0.05, 0.1) is 5.56 Å². The monoisotopic (exact) mass is 275 g/mol. The van der Waals surface area contributed by atoms with Crippen LogP contribution in [0.4, 0.5) is 0 Å². The predicted octanol–water partition coefficient (Wildman–Crippen LogP) is 2.45. The largest absolute Gasteiger partial charge is 0.454 e. The van der Waals surface area contributed by atoms with Gasteiger partial charge in [-0.1, -0.05) is 12.1 Å². The van der Waals surface area contributed by atoms with Crippen LogP contribution in [0.15, 0.2) is 35.7 Å². The van der Waals surface area contributed by atoms with Gasteiger partial charge in [0.2, 0.25) is 6.79 Å². The molecule has 0 saturated heterocycles. The summed E-state index contributed by atoms with van der Waals surface area (Å²) in [5, 5.41) is 4.93. The van der Waals surface area contributed by atoms with Crippen LogP contribution >= 0.6 is 11.3 Å².